The fourth-order valence-corrected chi connectivity index (χ4v) is 2.08. The fraction of sp³-hybridized carbons (Fsp3) is 0.647. The average Bonchev–Trinajstić information content (AvgIpc) is 2.48. The smallest absolute Gasteiger partial charge is 0.124 e. The molecule has 0 aliphatic rings. The van der Waals surface area contributed by atoms with Crippen LogP contribution >= 0.6 is 0 Å². The Kier molecular flexibility index (Phi) is 9.09. The lowest BCUT2D eigenvalue weighted by Crippen LogP contribution is -2.27. The van der Waals surface area contributed by atoms with E-state index in [1.54, 1.807) is 0 Å². The third-order valence-corrected chi connectivity index (χ3v) is 3.16. The summed E-state index contributed by atoms with van der Waals surface area (Å²) in [5, 5.41) is 3.56. The Hall–Kier alpha value is -1.06. The molecule has 1 aromatic rings. The van der Waals surface area contributed by atoms with E-state index in [0.29, 0.717) is 13.2 Å². The van der Waals surface area contributed by atoms with Gasteiger partial charge in [-0.3, -0.25) is 0 Å². The Bertz CT molecular complexity index is 355. The fourth-order valence-electron chi connectivity index (χ4n) is 2.08. The van der Waals surface area contributed by atoms with Crippen LogP contribution < -0.4 is 10.1 Å². The molecule has 0 fully saturated rings. The number of rotatable bonds is 11. The molecule has 0 amide bonds. The van der Waals surface area contributed by atoms with Gasteiger partial charge < -0.3 is 14.8 Å². The maximum absolute atomic E-state index is 5.80. The third-order valence-electron chi connectivity index (χ3n) is 3.16. The molecule has 0 saturated heterocycles. The van der Waals surface area contributed by atoms with Crippen LogP contribution in [-0.4, -0.2) is 26.4 Å². The first-order chi connectivity index (χ1) is 9.83. The van der Waals surface area contributed by atoms with Crippen molar-refractivity contribution in [3.8, 4) is 5.75 Å². The zero-order valence-electron chi connectivity index (χ0n) is 13.2. The van der Waals surface area contributed by atoms with Crippen molar-refractivity contribution in [2.24, 2.45) is 0 Å². The number of ether oxygens (including phenoxy) is 2. The summed E-state index contributed by atoms with van der Waals surface area (Å²) in [6.07, 6.45) is 3.40. The molecule has 0 radical (unpaired) electrons. The normalized spacial score (nSPS) is 12.3. The molecule has 1 atom stereocenters. The Labute approximate surface area is 123 Å². The summed E-state index contributed by atoms with van der Waals surface area (Å²) < 4.78 is 11.5. The van der Waals surface area contributed by atoms with Crippen LogP contribution in [0.15, 0.2) is 24.3 Å². The van der Waals surface area contributed by atoms with Crippen LogP contribution in [0, 0.1) is 0 Å². The monoisotopic (exact) mass is 279 g/mol. The van der Waals surface area contributed by atoms with Crippen molar-refractivity contribution in [2.45, 2.75) is 46.1 Å². The van der Waals surface area contributed by atoms with E-state index in [2.05, 4.69) is 31.3 Å². The zero-order valence-corrected chi connectivity index (χ0v) is 13.2. The van der Waals surface area contributed by atoms with Gasteiger partial charge in [-0.25, -0.2) is 0 Å². The maximum Gasteiger partial charge on any atom is 0.124 e. The van der Waals surface area contributed by atoms with Crippen LogP contribution in [0.25, 0.3) is 0 Å². The van der Waals surface area contributed by atoms with Crippen molar-refractivity contribution < 1.29 is 9.47 Å². The van der Waals surface area contributed by atoms with Crippen molar-refractivity contribution in [2.75, 3.05) is 26.4 Å². The minimum atomic E-state index is 0.203. The van der Waals surface area contributed by atoms with Gasteiger partial charge in [-0.15, -0.1) is 0 Å². The molecule has 20 heavy (non-hydrogen) atoms. The molecular formula is C17H29NO2. The molecule has 1 rings (SSSR count). The molecule has 0 spiro atoms. The van der Waals surface area contributed by atoms with E-state index in [4.69, 9.17) is 9.47 Å². The van der Waals surface area contributed by atoms with Crippen LogP contribution in [-0.2, 0) is 4.74 Å². The highest BCUT2D eigenvalue weighted by Crippen LogP contribution is 2.25. The van der Waals surface area contributed by atoms with Gasteiger partial charge in [-0.05, 0) is 32.4 Å². The van der Waals surface area contributed by atoms with Crippen LogP contribution in [0.2, 0.25) is 0 Å². The SMILES string of the molecule is CCCCOCC(NCCC)c1ccccc1OCC. The van der Waals surface area contributed by atoms with Crippen LogP contribution in [0.3, 0.4) is 0 Å². The summed E-state index contributed by atoms with van der Waals surface area (Å²) in [6, 6.07) is 8.44. The summed E-state index contributed by atoms with van der Waals surface area (Å²) in [4.78, 5) is 0. The van der Waals surface area contributed by atoms with Gasteiger partial charge in [0.25, 0.3) is 0 Å². The van der Waals surface area contributed by atoms with E-state index in [0.717, 1.165) is 31.7 Å². The molecule has 0 aliphatic carbocycles. The Morgan fingerprint density at radius 3 is 2.60 bits per heavy atom. The van der Waals surface area contributed by atoms with Crippen molar-refractivity contribution in [1.29, 1.82) is 0 Å². The molecule has 0 aromatic heterocycles. The van der Waals surface area contributed by atoms with Crippen LogP contribution in [0.4, 0.5) is 0 Å². The number of nitrogens with one attached hydrogen (secondary N) is 1. The molecule has 1 N–H and O–H groups in total. The van der Waals surface area contributed by atoms with E-state index < -0.39 is 0 Å². The second-order valence-corrected chi connectivity index (χ2v) is 4.91. The lowest BCUT2D eigenvalue weighted by molar-refractivity contribution is 0.108. The summed E-state index contributed by atoms with van der Waals surface area (Å²) in [5.74, 6) is 0.961. The Morgan fingerprint density at radius 2 is 1.90 bits per heavy atom. The minimum absolute atomic E-state index is 0.203. The molecule has 1 aromatic carbocycles. The largest absolute Gasteiger partial charge is 0.494 e. The highest BCUT2D eigenvalue weighted by Gasteiger charge is 2.15. The lowest BCUT2D eigenvalue weighted by Gasteiger charge is -2.21. The lowest BCUT2D eigenvalue weighted by atomic mass is 10.1. The molecule has 1 unspecified atom stereocenters. The van der Waals surface area contributed by atoms with E-state index in [9.17, 15) is 0 Å². The molecular weight excluding hydrogens is 250 g/mol. The van der Waals surface area contributed by atoms with E-state index in [-0.39, 0.29) is 6.04 Å². The van der Waals surface area contributed by atoms with Crippen LogP contribution in [0.5, 0.6) is 5.75 Å². The third kappa shape index (κ3) is 5.93. The highest BCUT2D eigenvalue weighted by atomic mass is 16.5. The van der Waals surface area contributed by atoms with Crippen LogP contribution in [0.1, 0.15) is 51.6 Å². The van der Waals surface area contributed by atoms with Gasteiger partial charge in [0.2, 0.25) is 0 Å². The number of hydrogen-bond donors (Lipinski definition) is 1. The first-order valence-corrected chi connectivity index (χ1v) is 7.86. The zero-order chi connectivity index (χ0) is 14.6. The quantitative estimate of drug-likeness (QED) is 0.622. The highest BCUT2D eigenvalue weighted by molar-refractivity contribution is 5.36. The number of unbranched alkanes of at least 4 members (excludes halogenated alkanes) is 1. The van der Waals surface area contributed by atoms with Crippen molar-refractivity contribution in [1.82, 2.24) is 5.32 Å². The second-order valence-electron chi connectivity index (χ2n) is 4.91. The minimum Gasteiger partial charge on any atom is -0.494 e. The van der Waals surface area contributed by atoms with E-state index in [1.807, 2.05) is 19.1 Å². The summed E-state index contributed by atoms with van der Waals surface area (Å²) in [7, 11) is 0. The first kappa shape index (κ1) is 17.0. The number of para-hydroxylation sites is 1. The molecule has 0 bridgehead atoms. The van der Waals surface area contributed by atoms with Crippen molar-refractivity contribution >= 4 is 0 Å². The number of benzene rings is 1. The second kappa shape index (κ2) is 10.7. The Morgan fingerprint density at radius 1 is 1.10 bits per heavy atom. The predicted molar refractivity (Wildman–Crippen MR) is 84.4 cm³/mol. The molecule has 0 aliphatic heterocycles. The van der Waals surface area contributed by atoms with Crippen molar-refractivity contribution in [3.05, 3.63) is 29.8 Å². The molecule has 3 heteroatoms. The van der Waals surface area contributed by atoms with Gasteiger partial charge in [-0.2, -0.15) is 0 Å². The molecule has 114 valence electrons. The topological polar surface area (TPSA) is 30.5 Å². The molecule has 3 nitrogen and oxygen atoms in total. The van der Waals surface area contributed by atoms with Gasteiger partial charge >= 0.3 is 0 Å². The number of hydrogen-bond acceptors (Lipinski definition) is 3. The molecule has 0 heterocycles. The summed E-state index contributed by atoms with van der Waals surface area (Å²) in [6.45, 7) is 9.58. The first-order valence-electron chi connectivity index (χ1n) is 7.86. The van der Waals surface area contributed by atoms with Gasteiger partial charge in [0.1, 0.15) is 5.75 Å². The van der Waals surface area contributed by atoms with Gasteiger partial charge in [0, 0.05) is 12.2 Å². The van der Waals surface area contributed by atoms with E-state index >= 15 is 0 Å². The average molecular weight is 279 g/mol. The molecule has 0 saturated carbocycles. The van der Waals surface area contributed by atoms with Gasteiger partial charge in [0.05, 0.1) is 19.3 Å². The maximum atomic E-state index is 5.80. The Balaban J connectivity index is 2.70. The predicted octanol–water partition coefficient (Wildman–Crippen LogP) is 3.94. The van der Waals surface area contributed by atoms with Gasteiger partial charge in [0.15, 0.2) is 0 Å². The van der Waals surface area contributed by atoms with Gasteiger partial charge in [-0.1, -0.05) is 38.5 Å². The van der Waals surface area contributed by atoms with E-state index in [1.165, 1.54) is 12.0 Å². The summed E-state index contributed by atoms with van der Waals surface area (Å²) in [5.41, 5.74) is 1.19. The summed E-state index contributed by atoms with van der Waals surface area (Å²) >= 11 is 0. The standard InChI is InChI=1S/C17H29NO2/c1-4-7-13-19-14-16(18-12-5-2)15-10-8-9-11-17(15)20-6-3/h8-11,16,18H,4-7,12-14H2,1-3H3. The van der Waals surface area contributed by atoms with Crippen molar-refractivity contribution in [3.63, 3.8) is 0 Å².